The van der Waals surface area contributed by atoms with Crippen molar-refractivity contribution in [2.24, 2.45) is 5.73 Å². The summed E-state index contributed by atoms with van der Waals surface area (Å²) in [6, 6.07) is 4.93. The van der Waals surface area contributed by atoms with Crippen molar-refractivity contribution in [3.05, 3.63) is 29.6 Å². The molecule has 3 nitrogen and oxygen atoms in total. The lowest BCUT2D eigenvalue weighted by Gasteiger charge is -2.06. The van der Waals surface area contributed by atoms with E-state index in [0.29, 0.717) is 5.75 Å². The van der Waals surface area contributed by atoms with Crippen molar-refractivity contribution < 1.29 is 9.13 Å². The zero-order valence-electron chi connectivity index (χ0n) is 7.12. The van der Waals surface area contributed by atoms with Crippen molar-refractivity contribution in [2.45, 2.75) is 6.04 Å². The number of hydrogen-bond donors (Lipinski definition) is 1. The topological polar surface area (TPSA) is 59.0 Å². The number of rotatable bonds is 2. The van der Waals surface area contributed by atoms with Crippen LogP contribution >= 0.6 is 0 Å². The molecule has 13 heavy (non-hydrogen) atoms. The predicted molar refractivity (Wildman–Crippen MR) is 45.5 cm³/mol. The van der Waals surface area contributed by atoms with Crippen molar-refractivity contribution in [3.8, 4) is 11.8 Å². The summed E-state index contributed by atoms with van der Waals surface area (Å²) in [7, 11) is 1.47. The van der Waals surface area contributed by atoms with E-state index >= 15 is 0 Å². The van der Waals surface area contributed by atoms with Gasteiger partial charge in [0.2, 0.25) is 0 Å². The highest BCUT2D eigenvalue weighted by Gasteiger charge is 2.11. The van der Waals surface area contributed by atoms with Gasteiger partial charge in [0.25, 0.3) is 0 Å². The first-order valence-electron chi connectivity index (χ1n) is 3.67. The molecule has 0 amide bonds. The number of nitriles is 1. The zero-order chi connectivity index (χ0) is 9.84. The third kappa shape index (κ3) is 1.95. The first-order chi connectivity index (χ1) is 6.19. The zero-order valence-corrected chi connectivity index (χ0v) is 7.12. The van der Waals surface area contributed by atoms with Crippen LogP contribution in [0, 0.1) is 17.1 Å². The Morgan fingerprint density at radius 2 is 2.31 bits per heavy atom. The number of ether oxygens (including phenoxy) is 1. The minimum atomic E-state index is -0.949. The second kappa shape index (κ2) is 3.87. The molecular weight excluding hydrogens is 171 g/mol. The largest absolute Gasteiger partial charge is 0.497 e. The van der Waals surface area contributed by atoms with Crippen LogP contribution in [0.1, 0.15) is 11.6 Å². The summed E-state index contributed by atoms with van der Waals surface area (Å²) in [5.41, 5.74) is 5.52. The molecule has 0 bridgehead atoms. The fourth-order valence-corrected chi connectivity index (χ4v) is 0.957. The molecule has 1 aromatic rings. The van der Waals surface area contributed by atoms with Gasteiger partial charge in [-0.05, 0) is 18.2 Å². The molecule has 1 aromatic carbocycles. The molecule has 0 aliphatic carbocycles. The highest BCUT2D eigenvalue weighted by molar-refractivity contribution is 5.33. The highest BCUT2D eigenvalue weighted by atomic mass is 19.1. The maximum absolute atomic E-state index is 13.1. The van der Waals surface area contributed by atoms with Gasteiger partial charge in [0.15, 0.2) is 0 Å². The number of benzene rings is 1. The Labute approximate surface area is 75.5 Å². The molecule has 0 spiro atoms. The van der Waals surface area contributed by atoms with Gasteiger partial charge in [-0.1, -0.05) is 0 Å². The van der Waals surface area contributed by atoms with Gasteiger partial charge in [0.05, 0.1) is 13.2 Å². The second-order valence-corrected chi connectivity index (χ2v) is 2.49. The molecular formula is C9H9FN2O. The summed E-state index contributed by atoms with van der Waals surface area (Å²) in [6.07, 6.45) is 0. The van der Waals surface area contributed by atoms with E-state index in [0.717, 1.165) is 0 Å². The van der Waals surface area contributed by atoms with Gasteiger partial charge in [-0.15, -0.1) is 0 Å². The minimum absolute atomic E-state index is 0.154. The minimum Gasteiger partial charge on any atom is -0.497 e. The molecule has 1 rings (SSSR count). The first kappa shape index (κ1) is 9.49. The molecule has 0 aliphatic heterocycles. The molecule has 2 N–H and O–H groups in total. The summed E-state index contributed by atoms with van der Waals surface area (Å²) in [4.78, 5) is 0. The Balaban J connectivity index is 3.12. The van der Waals surface area contributed by atoms with Crippen LogP contribution in [0.15, 0.2) is 18.2 Å². The molecule has 0 aliphatic rings. The monoisotopic (exact) mass is 180 g/mol. The second-order valence-electron chi connectivity index (χ2n) is 2.49. The number of nitrogens with two attached hydrogens (primary N) is 1. The summed E-state index contributed by atoms with van der Waals surface area (Å²) in [6.45, 7) is 0. The molecule has 0 saturated heterocycles. The van der Waals surface area contributed by atoms with Crippen molar-refractivity contribution in [2.75, 3.05) is 7.11 Å². The molecule has 68 valence electrons. The number of hydrogen-bond acceptors (Lipinski definition) is 3. The van der Waals surface area contributed by atoms with Gasteiger partial charge < -0.3 is 10.5 Å². The van der Waals surface area contributed by atoms with Gasteiger partial charge in [-0.3, -0.25) is 0 Å². The van der Waals surface area contributed by atoms with E-state index < -0.39 is 11.9 Å². The van der Waals surface area contributed by atoms with Gasteiger partial charge in [-0.2, -0.15) is 5.26 Å². The normalized spacial score (nSPS) is 11.8. The smallest absolute Gasteiger partial charge is 0.129 e. The Bertz CT molecular complexity index is 346. The van der Waals surface area contributed by atoms with Crippen LogP contribution in [-0.2, 0) is 0 Å². The quantitative estimate of drug-likeness (QED) is 0.747. The van der Waals surface area contributed by atoms with E-state index in [1.54, 1.807) is 6.07 Å². The third-order valence-electron chi connectivity index (χ3n) is 1.68. The van der Waals surface area contributed by atoms with Gasteiger partial charge in [-0.25, -0.2) is 4.39 Å². The van der Waals surface area contributed by atoms with Crippen LogP contribution in [-0.4, -0.2) is 7.11 Å². The van der Waals surface area contributed by atoms with Crippen LogP contribution in [0.25, 0.3) is 0 Å². The number of halogens is 1. The van der Waals surface area contributed by atoms with E-state index in [-0.39, 0.29) is 5.56 Å². The SMILES string of the molecule is COc1ccc(F)c([C@H](N)C#N)c1. The Kier molecular flexibility index (Phi) is 2.83. The first-order valence-corrected chi connectivity index (χ1v) is 3.67. The van der Waals surface area contributed by atoms with Crippen LogP contribution in [0.3, 0.4) is 0 Å². The lowest BCUT2D eigenvalue weighted by Crippen LogP contribution is -2.09. The summed E-state index contributed by atoms with van der Waals surface area (Å²) in [5, 5.41) is 8.49. The van der Waals surface area contributed by atoms with Crippen molar-refractivity contribution in [3.63, 3.8) is 0 Å². The van der Waals surface area contributed by atoms with E-state index in [1.165, 1.54) is 25.3 Å². The maximum atomic E-state index is 13.1. The average Bonchev–Trinajstić information content (AvgIpc) is 2.17. The summed E-state index contributed by atoms with van der Waals surface area (Å²) >= 11 is 0. The maximum Gasteiger partial charge on any atom is 0.129 e. The van der Waals surface area contributed by atoms with Crippen LogP contribution in [0.2, 0.25) is 0 Å². The van der Waals surface area contributed by atoms with Gasteiger partial charge in [0, 0.05) is 5.56 Å². The fraction of sp³-hybridized carbons (Fsp3) is 0.222. The fourth-order valence-electron chi connectivity index (χ4n) is 0.957. The van der Waals surface area contributed by atoms with Crippen LogP contribution in [0.5, 0.6) is 5.75 Å². The summed E-state index contributed by atoms with van der Waals surface area (Å²) in [5.74, 6) is -0.00282. The van der Waals surface area contributed by atoms with Crippen molar-refractivity contribution >= 4 is 0 Å². The Morgan fingerprint density at radius 1 is 1.62 bits per heavy atom. The van der Waals surface area contributed by atoms with Crippen molar-refractivity contribution in [1.82, 2.24) is 0 Å². The lowest BCUT2D eigenvalue weighted by molar-refractivity contribution is 0.412. The van der Waals surface area contributed by atoms with Gasteiger partial charge in [0.1, 0.15) is 17.6 Å². The molecule has 4 heteroatoms. The summed E-state index contributed by atoms with van der Waals surface area (Å²) < 4.78 is 17.9. The molecule has 0 radical (unpaired) electrons. The van der Waals surface area contributed by atoms with Crippen molar-refractivity contribution in [1.29, 1.82) is 5.26 Å². The molecule has 0 aromatic heterocycles. The predicted octanol–water partition coefficient (Wildman–Crippen LogP) is 1.36. The van der Waals surface area contributed by atoms with Gasteiger partial charge >= 0.3 is 0 Å². The van der Waals surface area contributed by atoms with E-state index in [9.17, 15) is 4.39 Å². The van der Waals surface area contributed by atoms with Crippen LogP contribution in [0.4, 0.5) is 4.39 Å². The molecule has 0 heterocycles. The van der Waals surface area contributed by atoms with E-state index in [2.05, 4.69) is 0 Å². The number of nitrogens with zero attached hydrogens (tertiary/aromatic N) is 1. The Hall–Kier alpha value is -1.60. The molecule has 0 saturated carbocycles. The molecule has 0 unspecified atom stereocenters. The third-order valence-corrected chi connectivity index (χ3v) is 1.68. The average molecular weight is 180 g/mol. The molecule has 0 fully saturated rings. The molecule has 1 atom stereocenters. The number of methoxy groups -OCH3 is 1. The lowest BCUT2D eigenvalue weighted by atomic mass is 10.1. The van der Waals surface area contributed by atoms with E-state index in [1.807, 2.05) is 0 Å². The Morgan fingerprint density at radius 3 is 2.85 bits per heavy atom. The van der Waals surface area contributed by atoms with E-state index in [4.69, 9.17) is 15.7 Å². The highest BCUT2D eigenvalue weighted by Crippen LogP contribution is 2.20. The van der Waals surface area contributed by atoms with Crippen LogP contribution < -0.4 is 10.5 Å². The standard InChI is InChI=1S/C9H9FN2O/c1-13-6-2-3-8(10)7(4-6)9(12)5-11/h2-4,9H,12H2,1H3/t9-/m1/s1.